The maximum atomic E-state index is 12.6. The van der Waals surface area contributed by atoms with Crippen molar-refractivity contribution in [3.63, 3.8) is 0 Å². The van der Waals surface area contributed by atoms with E-state index in [4.69, 9.17) is 4.52 Å². The molecule has 1 amide bonds. The molecule has 1 aromatic rings. The second-order valence-electron chi connectivity index (χ2n) is 6.86. The van der Waals surface area contributed by atoms with Crippen LogP contribution in [0.5, 0.6) is 0 Å². The summed E-state index contributed by atoms with van der Waals surface area (Å²) in [6.07, 6.45) is 5.88. The Morgan fingerprint density at radius 2 is 1.91 bits per heavy atom. The molecule has 1 saturated heterocycles. The highest BCUT2D eigenvalue weighted by molar-refractivity contribution is 5.96. The van der Waals surface area contributed by atoms with E-state index in [0.717, 1.165) is 38.8 Å². The largest absolute Gasteiger partial charge is 0.389 e. The Kier molecular flexibility index (Phi) is 5.02. The number of nitrogens with zero attached hydrogens (tertiary/aromatic N) is 2. The average molecular weight is 321 g/mol. The zero-order valence-electron chi connectivity index (χ0n) is 14.0. The van der Waals surface area contributed by atoms with E-state index in [1.54, 1.807) is 13.8 Å². The van der Waals surface area contributed by atoms with Gasteiger partial charge < -0.3 is 14.9 Å². The number of hydrogen-bond acceptors (Lipinski definition) is 5. The van der Waals surface area contributed by atoms with Crippen molar-refractivity contribution in [1.82, 2.24) is 15.4 Å². The average Bonchev–Trinajstić information content (AvgIpc) is 3.11. The van der Waals surface area contributed by atoms with Gasteiger partial charge in [0.2, 0.25) is 0 Å². The summed E-state index contributed by atoms with van der Waals surface area (Å²) in [5, 5.41) is 17.7. The number of nitrogens with one attached hydrogen (secondary N) is 1. The Labute approximate surface area is 137 Å². The molecule has 23 heavy (non-hydrogen) atoms. The number of aryl methyl sites for hydroxylation is 2. The van der Waals surface area contributed by atoms with E-state index in [2.05, 4.69) is 15.4 Å². The molecule has 6 heteroatoms. The molecule has 6 nitrogen and oxygen atoms in total. The van der Waals surface area contributed by atoms with Gasteiger partial charge in [-0.15, -0.1) is 0 Å². The van der Waals surface area contributed by atoms with E-state index < -0.39 is 6.10 Å². The van der Waals surface area contributed by atoms with E-state index in [1.807, 2.05) is 0 Å². The van der Waals surface area contributed by atoms with Crippen LogP contribution in [0.2, 0.25) is 0 Å². The van der Waals surface area contributed by atoms with Crippen molar-refractivity contribution < 1.29 is 14.4 Å². The van der Waals surface area contributed by atoms with Crippen LogP contribution in [-0.2, 0) is 0 Å². The molecule has 1 aliphatic heterocycles. The predicted molar refractivity (Wildman–Crippen MR) is 86.3 cm³/mol. The fourth-order valence-electron chi connectivity index (χ4n) is 4.00. The maximum Gasteiger partial charge on any atom is 0.257 e. The number of carbonyl (C=O) groups excluding carboxylic acids is 1. The highest BCUT2D eigenvalue weighted by Crippen LogP contribution is 2.26. The van der Waals surface area contributed by atoms with Crippen molar-refractivity contribution in [1.29, 1.82) is 0 Å². The molecule has 0 bridgehead atoms. The number of aliphatic hydroxyl groups excluding tert-OH is 1. The van der Waals surface area contributed by atoms with Crippen molar-refractivity contribution in [3.8, 4) is 0 Å². The Balaban J connectivity index is 1.71. The molecule has 2 N–H and O–H groups in total. The number of hydrogen-bond donors (Lipinski definition) is 2. The number of rotatable bonds is 3. The Morgan fingerprint density at radius 3 is 2.57 bits per heavy atom. The summed E-state index contributed by atoms with van der Waals surface area (Å²) in [5.41, 5.74) is 1.10. The quantitative estimate of drug-likeness (QED) is 0.830. The molecular weight excluding hydrogens is 294 g/mol. The second kappa shape index (κ2) is 7.01. The van der Waals surface area contributed by atoms with E-state index in [-0.39, 0.29) is 18.0 Å². The van der Waals surface area contributed by atoms with E-state index in [9.17, 15) is 9.90 Å². The Bertz CT molecular complexity index is 532. The molecule has 3 atom stereocenters. The lowest BCUT2D eigenvalue weighted by Crippen LogP contribution is -2.52. The lowest BCUT2D eigenvalue weighted by atomic mass is 10.00. The molecule has 1 aliphatic carbocycles. The third-order valence-corrected chi connectivity index (χ3v) is 5.26. The minimum atomic E-state index is -0.514. The minimum absolute atomic E-state index is 0.162. The van der Waals surface area contributed by atoms with Crippen LogP contribution < -0.4 is 5.32 Å². The van der Waals surface area contributed by atoms with Gasteiger partial charge in [0.1, 0.15) is 11.3 Å². The number of amides is 1. The zero-order chi connectivity index (χ0) is 16.4. The van der Waals surface area contributed by atoms with Gasteiger partial charge in [0.25, 0.3) is 5.91 Å². The van der Waals surface area contributed by atoms with Crippen molar-refractivity contribution in [3.05, 3.63) is 17.0 Å². The standard InChI is InChI=1S/C17H27N3O3/c1-11-15(12(2)23-19-11)17(22)18-13-7-3-4-8-14(16(13)21)20-9-5-6-10-20/h13-14,16,21H,3-10H2,1-2H3,(H,18,22)/t13-,14-,16-/m1/s1. The molecule has 0 aromatic carbocycles. The monoisotopic (exact) mass is 321 g/mol. The van der Waals surface area contributed by atoms with E-state index in [0.29, 0.717) is 17.0 Å². The molecule has 0 spiro atoms. The summed E-state index contributed by atoms with van der Waals surface area (Å²) < 4.78 is 5.08. The number of aromatic nitrogens is 1. The fraction of sp³-hybridized carbons (Fsp3) is 0.765. The van der Waals surface area contributed by atoms with Crippen molar-refractivity contribution in [2.75, 3.05) is 13.1 Å². The first kappa shape index (κ1) is 16.5. The lowest BCUT2D eigenvalue weighted by Gasteiger charge is -2.34. The molecule has 1 aromatic heterocycles. The first-order chi connectivity index (χ1) is 11.1. The first-order valence-electron chi connectivity index (χ1n) is 8.74. The van der Waals surface area contributed by atoms with Gasteiger partial charge >= 0.3 is 0 Å². The summed E-state index contributed by atoms with van der Waals surface area (Å²) in [6, 6.07) is -0.0423. The summed E-state index contributed by atoms with van der Waals surface area (Å²) in [6.45, 7) is 5.63. The molecule has 2 heterocycles. The van der Waals surface area contributed by atoms with Crippen LogP contribution >= 0.6 is 0 Å². The Hall–Kier alpha value is -1.40. The molecule has 1 saturated carbocycles. The van der Waals surface area contributed by atoms with Crippen LogP contribution in [0.3, 0.4) is 0 Å². The Morgan fingerprint density at radius 1 is 1.22 bits per heavy atom. The highest BCUT2D eigenvalue weighted by Gasteiger charge is 2.36. The molecule has 128 valence electrons. The smallest absolute Gasteiger partial charge is 0.257 e. The number of likely N-dealkylation sites (tertiary alicyclic amines) is 1. The normalized spacial score (nSPS) is 29.4. The van der Waals surface area contributed by atoms with E-state index in [1.165, 1.54) is 12.8 Å². The predicted octanol–water partition coefficient (Wildman–Crippen LogP) is 1.79. The van der Waals surface area contributed by atoms with Gasteiger partial charge in [-0.2, -0.15) is 0 Å². The summed E-state index contributed by atoms with van der Waals surface area (Å²) >= 11 is 0. The van der Waals surface area contributed by atoms with Gasteiger partial charge in [0, 0.05) is 6.04 Å². The zero-order valence-corrected chi connectivity index (χ0v) is 14.0. The summed E-state index contributed by atoms with van der Waals surface area (Å²) in [4.78, 5) is 15.0. The van der Waals surface area contributed by atoms with Gasteiger partial charge in [0.05, 0.1) is 17.8 Å². The SMILES string of the molecule is Cc1noc(C)c1C(=O)N[C@@H]1CCCC[C@@H](N2CCCC2)[C@@H]1O. The first-order valence-corrected chi connectivity index (χ1v) is 8.74. The van der Waals surface area contributed by atoms with Gasteiger partial charge in [-0.05, 0) is 52.6 Å². The van der Waals surface area contributed by atoms with Crippen molar-refractivity contribution in [2.45, 2.75) is 70.6 Å². The molecule has 0 unspecified atom stereocenters. The lowest BCUT2D eigenvalue weighted by molar-refractivity contribution is 0.0337. The molecular formula is C17H27N3O3. The topological polar surface area (TPSA) is 78.6 Å². The van der Waals surface area contributed by atoms with Crippen molar-refractivity contribution in [2.24, 2.45) is 0 Å². The minimum Gasteiger partial charge on any atom is -0.389 e. The molecule has 3 rings (SSSR count). The third-order valence-electron chi connectivity index (χ3n) is 5.26. The van der Waals surface area contributed by atoms with Crippen molar-refractivity contribution >= 4 is 5.91 Å². The third kappa shape index (κ3) is 3.43. The molecule has 2 fully saturated rings. The fourth-order valence-corrected chi connectivity index (χ4v) is 4.00. The molecule has 2 aliphatic rings. The van der Waals surface area contributed by atoms with Gasteiger partial charge in [-0.1, -0.05) is 18.0 Å². The second-order valence-corrected chi connectivity index (χ2v) is 6.86. The highest BCUT2D eigenvalue weighted by atomic mass is 16.5. The van der Waals surface area contributed by atoms with Crippen LogP contribution in [0.15, 0.2) is 4.52 Å². The van der Waals surface area contributed by atoms with Gasteiger partial charge in [-0.3, -0.25) is 9.69 Å². The maximum absolute atomic E-state index is 12.6. The van der Waals surface area contributed by atoms with E-state index >= 15 is 0 Å². The van der Waals surface area contributed by atoms with Crippen LogP contribution in [0.4, 0.5) is 0 Å². The van der Waals surface area contributed by atoms with Crippen LogP contribution in [-0.4, -0.2) is 52.3 Å². The van der Waals surface area contributed by atoms with Gasteiger partial charge in [0.15, 0.2) is 0 Å². The molecule has 0 radical (unpaired) electrons. The van der Waals surface area contributed by atoms with Gasteiger partial charge in [-0.25, -0.2) is 0 Å². The van der Waals surface area contributed by atoms with Crippen LogP contribution in [0.1, 0.15) is 60.3 Å². The van der Waals surface area contributed by atoms with Crippen LogP contribution in [0.25, 0.3) is 0 Å². The summed E-state index contributed by atoms with van der Waals surface area (Å²) in [5.74, 6) is 0.339. The summed E-state index contributed by atoms with van der Waals surface area (Å²) in [7, 11) is 0. The number of aliphatic hydroxyl groups is 1. The van der Waals surface area contributed by atoms with Crippen LogP contribution in [0, 0.1) is 13.8 Å². The number of carbonyl (C=O) groups is 1.